The van der Waals surface area contributed by atoms with Crippen molar-refractivity contribution in [2.45, 2.75) is 13.0 Å². The van der Waals surface area contributed by atoms with Crippen molar-refractivity contribution in [1.82, 2.24) is 23.6 Å². The lowest BCUT2D eigenvalue weighted by Gasteiger charge is -2.26. The highest BCUT2D eigenvalue weighted by atomic mass is 35.5. The minimum Gasteiger partial charge on any atom is -0.379 e. The van der Waals surface area contributed by atoms with Crippen LogP contribution in [-0.2, 0) is 18.3 Å². The number of hydrogen-bond acceptors (Lipinski definition) is 4. The molecule has 1 aliphatic heterocycles. The lowest BCUT2D eigenvalue weighted by molar-refractivity contribution is 0.0370. The first-order valence-electron chi connectivity index (χ1n) is 12.3. The summed E-state index contributed by atoms with van der Waals surface area (Å²) < 4.78 is 11.4. The van der Waals surface area contributed by atoms with E-state index < -0.39 is 0 Å². The minimum absolute atomic E-state index is 0. The maximum absolute atomic E-state index is 13.3. The summed E-state index contributed by atoms with van der Waals surface area (Å²) in [6.07, 6.45) is 5.05. The Hall–Kier alpha value is -3.77. The molecular weight excluding hydrogens is 488 g/mol. The Kier molecular flexibility index (Phi) is 6.94. The molecule has 37 heavy (non-hydrogen) atoms. The number of imidazole rings is 1. The predicted molar refractivity (Wildman–Crippen MR) is 148 cm³/mol. The van der Waals surface area contributed by atoms with Gasteiger partial charge in [-0.1, -0.05) is 36.4 Å². The second kappa shape index (κ2) is 10.3. The van der Waals surface area contributed by atoms with Gasteiger partial charge in [-0.25, -0.2) is 4.79 Å². The fraction of sp³-hybridized carbons (Fsp3) is 0.286. The van der Waals surface area contributed by atoms with Gasteiger partial charge in [0.05, 0.1) is 24.6 Å². The number of aromatic nitrogens is 4. The number of fused-ring (bicyclic) bond motifs is 2. The second-order valence-corrected chi connectivity index (χ2v) is 9.30. The van der Waals surface area contributed by atoms with Crippen molar-refractivity contribution in [3.63, 3.8) is 0 Å². The molecule has 190 valence electrons. The lowest BCUT2D eigenvalue weighted by atomic mass is 10.1. The molecule has 0 bridgehead atoms. The Morgan fingerprint density at radius 3 is 2.43 bits per heavy atom. The number of aromatic amines is 1. The van der Waals surface area contributed by atoms with E-state index in [4.69, 9.17) is 4.74 Å². The molecule has 0 amide bonds. The monoisotopic (exact) mass is 516 g/mol. The van der Waals surface area contributed by atoms with Gasteiger partial charge in [0.15, 0.2) is 0 Å². The molecule has 8 nitrogen and oxygen atoms in total. The lowest BCUT2D eigenvalue weighted by Crippen LogP contribution is -2.37. The molecule has 0 aliphatic carbocycles. The van der Waals surface area contributed by atoms with Crippen molar-refractivity contribution in [2.24, 2.45) is 7.05 Å². The largest absolute Gasteiger partial charge is 0.379 e. The van der Waals surface area contributed by atoms with E-state index in [1.165, 1.54) is 0 Å². The van der Waals surface area contributed by atoms with E-state index in [1.54, 1.807) is 4.57 Å². The fourth-order valence-electron chi connectivity index (χ4n) is 5.41. The third-order valence-electron chi connectivity index (χ3n) is 7.14. The summed E-state index contributed by atoms with van der Waals surface area (Å²) in [6, 6.07) is 18.4. The van der Waals surface area contributed by atoms with Gasteiger partial charge in [-0.3, -0.25) is 14.5 Å². The van der Waals surface area contributed by atoms with Crippen molar-refractivity contribution in [1.29, 1.82) is 5.26 Å². The fourth-order valence-corrected chi connectivity index (χ4v) is 5.41. The number of ether oxygens (including phenoxy) is 1. The molecule has 9 heteroatoms. The molecule has 0 radical (unpaired) electrons. The molecule has 4 heterocycles. The van der Waals surface area contributed by atoms with Crippen LogP contribution in [0.15, 0.2) is 65.7 Å². The van der Waals surface area contributed by atoms with Crippen LogP contribution in [-0.4, -0.2) is 56.4 Å². The number of halogens is 1. The van der Waals surface area contributed by atoms with E-state index in [2.05, 4.69) is 38.8 Å². The van der Waals surface area contributed by atoms with Crippen LogP contribution in [0.3, 0.4) is 0 Å². The summed E-state index contributed by atoms with van der Waals surface area (Å²) in [4.78, 5) is 18.5. The number of nitrogens with zero attached hydrogens (tertiary/aromatic N) is 5. The van der Waals surface area contributed by atoms with Crippen molar-refractivity contribution in [3.05, 3.63) is 77.1 Å². The van der Waals surface area contributed by atoms with E-state index >= 15 is 0 Å². The average molecular weight is 517 g/mol. The first-order chi connectivity index (χ1) is 17.7. The zero-order valence-corrected chi connectivity index (χ0v) is 21.5. The van der Waals surface area contributed by atoms with Gasteiger partial charge in [-0.15, -0.1) is 12.4 Å². The third-order valence-corrected chi connectivity index (χ3v) is 7.14. The van der Waals surface area contributed by atoms with Crippen LogP contribution in [0.4, 0.5) is 0 Å². The van der Waals surface area contributed by atoms with Crippen LogP contribution in [0.5, 0.6) is 0 Å². The third kappa shape index (κ3) is 4.36. The summed E-state index contributed by atoms with van der Waals surface area (Å²) in [6.45, 7) is 5.41. The molecule has 1 N–H and O–H groups in total. The molecule has 5 aromatic rings. The molecule has 0 saturated carbocycles. The van der Waals surface area contributed by atoms with Gasteiger partial charge in [0, 0.05) is 73.0 Å². The topological polar surface area (TPSA) is 83.9 Å². The first-order valence-corrected chi connectivity index (χ1v) is 12.3. The number of morpholine rings is 1. The summed E-state index contributed by atoms with van der Waals surface area (Å²) in [5.74, 6) is 0. The SMILES string of the molecule is Cl.Cn1cc(-n2c(-c3cn(CCCN4CCOCC4)c4ccccc34)c(C#N)[nH]c2=O)c2ccccc21. The van der Waals surface area contributed by atoms with Gasteiger partial charge in [0.1, 0.15) is 11.8 Å². The average Bonchev–Trinajstić information content (AvgIpc) is 3.55. The van der Waals surface area contributed by atoms with Crippen LogP contribution in [0.1, 0.15) is 12.1 Å². The molecule has 1 saturated heterocycles. The van der Waals surface area contributed by atoms with Crippen molar-refractivity contribution in [2.75, 3.05) is 32.8 Å². The Morgan fingerprint density at radius 2 is 1.68 bits per heavy atom. The number of nitrogens with one attached hydrogen (secondary N) is 1. The molecule has 1 fully saturated rings. The molecule has 0 atom stereocenters. The number of benzene rings is 2. The summed E-state index contributed by atoms with van der Waals surface area (Å²) >= 11 is 0. The predicted octanol–water partition coefficient (Wildman–Crippen LogP) is 4.29. The number of para-hydroxylation sites is 2. The van der Waals surface area contributed by atoms with Crippen molar-refractivity contribution < 1.29 is 4.74 Å². The van der Waals surface area contributed by atoms with Crippen LogP contribution < -0.4 is 5.69 Å². The highest BCUT2D eigenvalue weighted by molar-refractivity contribution is 5.98. The smallest absolute Gasteiger partial charge is 0.331 e. The summed E-state index contributed by atoms with van der Waals surface area (Å²) in [5, 5.41) is 12.0. The molecule has 6 rings (SSSR count). The van der Waals surface area contributed by atoms with E-state index in [-0.39, 0.29) is 23.8 Å². The van der Waals surface area contributed by atoms with E-state index in [9.17, 15) is 10.1 Å². The van der Waals surface area contributed by atoms with E-state index in [0.717, 1.165) is 78.9 Å². The zero-order valence-electron chi connectivity index (χ0n) is 20.7. The van der Waals surface area contributed by atoms with Gasteiger partial charge in [-0.2, -0.15) is 5.26 Å². The molecule has 0 spiro atoms. The highest BCUT2D eigenvalue weighted by Gasteiger charge is 2.23. The van der Waals surface area contributed by atoms with Crippen LogP contribution in [0.25, 0.3) is 38.8 Å². The number of aryl methyl sites for hydroxylation is 2. The van der Waals surface area contributed by atoms with Gasteiger partial charge in [-0.05, 0) is 18.6 Å². The molecular formula is C28H29ClN6O2. The molecule has 0 unspecified atom stereocenters. The second-order valence-electron chi connectivity index (χ2n) is 9.30. The number of nitriles is 1. The number of rotatable bonds is 6. The van der Waals surface area contributed by atoms with Gasteiger partial charge < -0.3 is 13.9 Å². The Labute approximate surface area is 220 Å². The maximum atomic E-state index is 13.3. The van der Waals surface area contributed by atoms with Crippen LogP contribution >= 0.6 is 12.4 Å². The summed E-state index contributed by atoms with van der Waals surface area (Å²) in [7, 11) is 1.97. The zero-order chi connectivity index (χ0) is 24.6. The van der Waals surface area contributed by atoms with Crippen molar-refractivity contribution >= 4 is 34.2 Å². The minimum atomic E-state index is -0.318. The Morgan fingerprint density at radius 1 is 0.973 bits per heavy atom. The van der Waals surface area contributed by atoms with Crippen LogP contribution in [0.2, 0.25) is 0 Å². The molecule has 1 aliphatic rings. The van der Waals surface area contributed by atoms with E-state index in [1.807, 2.05) is 54.2 Å². The first kappa shape index (κ1) is 24.9. The number of H-pyrrole nitrogens is 1. The van der Waals surface area contributed by atoms with Gasteiger partial charge in [0.2, 0.25) is 0 Å². The highest BCUT2D eigenvalue weighted by Crippen LogP contribution is 2.35. The van der Waals surface area contributed by atoms with Crippen LogP contribution in [0, 0.1) is 11.3 Å². The van der Waals surface area contributed by atoms with Gasteiger partial charge >= 0.3 is 5.69 Å². The maximum Gasteiger partial charge on any atom is 0.331 e. The quantitative estimate of drug-likeness (QED) is 0.365. The van der Waals surface area contributed by atoms with Crippen molar-refractivity contribution in [3.8, 4) is 23.0 Å². The normalized spacial score (nSPS) is 14.2. The standard InChI is InChI=1S/C28H28N6O2.ClH/c1-31-19-26(21-8-3-4-9-24(21)31)34-27(23(17-29)30-28(34)35)22-18-33(25-10-5-2-7-20(22)25)12-6-11-32-13-15-36-16-14-32;/h2-5,7-10,18-19H,6,11-16H2,1H3,(H,30,35);1H. The van der Waals surface area contributed by atoms with Gasteiger partial charge in [0.25, 0.3) is 0 Å². The molecule has 2 aromatic carbocycles. The Bertz CT molecular complexity index is 1660. The van der Waals surface area contributed by atoms with E-state index in [0.29, 0.717) is 5.69 Å². The Balaban J connectivity index is 0.00000280. The number of hydrogen-bond donors (Lipinski definition) is 1. The molecule has 3 aromatic heterocycles. The summed E-state index contributed by atoms with van der Waals surface area (Å²) in [5.41, 5.74) is 4.30.